The van der Waals surface area contributed by atoms with E-state index >= 15 is 0 Å². The third kappa shape index (κ3) is 4.44. The van der Waals surface area contributed by atoms with Gasteiger partial charge in [0, 0.05) is 42.7 Å². The SMILES string of the molecule is NCCCc1c(-c2cc3c(n2OC(=O)C(F)(F)F)CCNC3=O)ccnc1-c1cccnc1. The Morgan fingerprint density at radius 2 is 2.06 bits per heavy atom. The molecule has 0 fully saturated rings. The Kier molecular flexibility index (Phi) is 6.14. The normalized spacial score (nSPS) is 13.4. The first kappa shape index (κ1) is 22.5. The molecule has 1 amide bonds. The molecule has 11 heteroatoms. The molecule has 3 aromatic heterocycles. The second-order valence-electron chi connectivity index (χ2n) is 7.39. The van der Waals surface area contributed by atoms with Crippen LogP contribution in [0, 0.1) is 0 Å². The summed E-state index contributed by atoms with van der Waals surface area (Å²) in [7, 11) is 0. The van der Waals surface area contributed by atoms with Gasteiger partial charge in [0.15, 0.2) is 0 Å². The molecule has 0 spiro atoms. The quantitative estimate of drug-likeness (QED) is 0.585. The van der Waals surface area contributed by atoms with Crippen LogP contribution in [0.5, 0.6) is 0 Å². The lowest BCUT2D eigenvalue weighted by Gasteiger charge is -2.19. The zero-order chi connectivity index (χ0) is 23.6. The summed E-state index contributed by atoms with van der Waals surface area (Å²) in [5.74, 6) is -2.83. The molecule has 0 aliphatic carbocycles. The molecule has 0 saturated heterocycles. The fourth-order valence-electron chi connectivity index (χ4n) is 3.80. The standard InChI is InChI=1S/C22H20F3N5O3/c23-22(24,25)21(32)33-30-17-6-10-29-20(31)16(17)11-18(30)14-5-9-28-19(15(14)4-1-7-26)13-3-2-8-27-12-13/h2-3,5,8-9,11-12H,1,4,6-7,10,26H2,(H,29,31). The van der Waals surface area contributed by atoms with E-state index in [1.807, 2.05) is 6.07 Å². The third-order valence-corrected chi connectivity index (χ3v) is 5.25. The van der Waals surface area contributed by atoms with Gasteiger partial charge in [-0.3, -0.25) is 14.8 Å². The van der Waals surface area contributed by atoms with Crippen LogP contribution < -0.4 is 15.9 Å². The second kappa shape index (κ2) is 9.02. The highest BCUT2D eigenvalue weighted by molar-refractivity contribution is 5.98. The van der Waals surface area contributed by atoms with Crippen LogP contribution >= 0.6 is 0 Å². The van der Waals surface area contributed by atoms with Crippen molar-refractivity contribution in [3.63, 3.8) is 0 Å². The van der Waals surface area contributed by atoms with Gasteiger partial charge in [0.2, 0.25) is 0 Å². The van der Waals surface area contributed by atoms with Gasteiger partial charge < -0.3 is 15.9 Å². The van der Waals surface area contributed by atoms with Crippen molar-refractivity contribution in [2.45, 2.75) is 25.4 Å². The van der Waals surface area contributed by atoms with E-state index < -0.39 is 18.1 Å². The molecule has 8 nitrogen and oxygen atoms in total. The van der Waals surface area contributed by atoms with Crippen molar-refractivity contribution in [1.29, 1.82) is 0 Å². The Morgan fingerprint density at radius 3 is 2.76 bits per heavy atom. The molecule has 0 radical (unpaired) electrons. The molecule has 1 aliphatic heterocycles. The predicted molar refractivity (Wildman–Crippen MR) is 112 cm³/mol. The van der Waals surface area contributed by atoms with Gasteiger partial charge in [0.05, 0.1) is 22.6 Å². The van der Waals surface area contributed by atoms with Crippen LogP contribution in [0.3, 0.4) is 0 Å². The van der Waals surface area contributed by atoms with Crippen molar-refractivity contribution in [2.75, 3.05) is 13.1 Å². The van der Waals surface area contributed by atoms with E-state index in [1.54, 1.807) is 24.5 Å². The summed E-state index contributed by atoms with van der Waals surface area (Å²) >= 11 is 0. The number of nitrogens with one attached hydrogen (secondary N) is 1. The van der Waals surface area contributed by atoms with E-state index in [0.717, 1.165) is 4.73 Å². The zero-order valence-electron chi connectivity index (χ0n) is 17.4. The molecule has 4 heterocycles. The van der Waals surface area contributed by atoms with Gasteiger partial charge in [-0.2, -0.15) is 17.9 Å². The highest BCUT2D eigenvalue weighted by Crippen LogP contribution is 2.35. The van der Waals surface area contributed by atoms with E-state index in [0.29, 0.717) is 41.8 Å². The number of amides is 1. The number of carbonyl (C=O) groups excluding carboxylic acids is 2. The first-order valence-electron chi connectivity index (χ1n) is 10.2. The Bertz CT molecular complexity index is 1190. The summed E-state index contributed by atoms with van der Waals surface area (Å²) in [5.41, 5.74) is 8.65. The maximum absolute atomic E-state index is 13.0. The number of aromatic nitrogens is 3. The number of alkyl halides is 3. The Labute approximate surface area is 186 Å². The first-order valence-corrected chi connectivity index (χ1v) is 10.2. The topological polar surface area (TPSA) is 112 Å². The second-order valence-corrected chi connectivity index (χ2v) is 7.39. The van der Waals surface area contributed by atoms with Crippen molar-refractivity contribution in [3.05, 3.63) is 59.7 Å². The summed E-state index contributed by atoms with van der Waals surface area (Å²) in [6.07, 6.45) is 0.776. The number of hydrogen-bond donors (Lipinski definition) is 2. The maximum atomic E-state index is 13.0. The minimum Gasteiger partial charge on any atom is -0.352 e. The average molecular weight is 459 g/mol. The van der Waals surface area contributed by atoms with Gasteiger partial charge in [0.1, 0.15) is 0 Å². The van der Waals surface area contributed by atoms with Crippen molar-refractivity contribution >= 4 is 11.9 Å². The predicted octanol–water partition coefficient (Wildman–Crippen LogP) is 2.31. The molecular formula is C22H20F3N5O3. The molecule has 0 aromatic carbocycles. The lowest BCUT2D eigenvalue weighted by Crippen LogP contribution is -2.37. The molecule has 0 unspecified atom stereocenters. The van der Waals surface area contributed by atoms with Crippen LogP contribution in [-0.2, 0) is 17.6 Å². The summed E-state index contributed by atoms with van der Waals surface area (Å²) in [6.45, 7) is 0.583. The number of carbonyl (C=O) groups is 2. The van der Waals surface area contributed by atoms with Crippen LogP contribution in [0.2, 0.25) is 0 Å². The van der Waals surface area contributed by atoms with Gasteiger partial charge >= 0.3 is 12.1 Å². The van der Waals surface area contributed by atoms with E-state index in [-0.39, 0.29) is 29.9 Å². The van der Waals surface area contributed by atoms with Crippen molar-refractivity contribution in [3.8, 4) is 22.5 Å². The van der Waals surface area contributed by atoms with E-state index in [4.69, 9.17) is 10.6 Å². The summed E-state index contributed by atoms with van der Waals surface area (Å²) in [4.78, 5) is 37.5. The van der Waals surface area contributed by atoms with Gasteiger partial charge in [-0.15, -0.1) is 0 Å². The minimum absolute atomic E-state index is 0.147. The number of hydrogen-bond acceptors (Lipinski definition) is 6. The number of nitrogens with zero attached hydrogens (tertiary/aromatic N) is 3. The molecule has 3 aromatic rings. The molecule has 3 N–H and O–H groups in total. The maximum Gasteiger partial charge on any atom is 0.493 e. The van der Waals surface area contributed by atoms with Crippen molar-refractivity contribution in [2.24, 2.45) is 5.73 Å². The van der Waals surface area contributed by atoms with Crippen LogP contribution in [0.25, 0.3) is 22.5 Å². The molecule has 33 heavy (non-hydrogen) atoms. The summed E-state index contributed by atoms with van der Waals surface area (Å²) < 4.78 is 39.9. The first-order chi connectivity index (χ1) is 15.8. The number of nitrogens with two attached hydrogens (primary N) is 1. The fourth-order valence-corrected chi connectivity index (χ4v) is 3.80. The summed E-state index contributed by atoms with van der Waals surface area (Å²) in [6, 6.07) is 6.60. The number of fused-ring (bicyclic) bond motifs is 1. The smallest absolute Gasteiger partial charge is 0.352 e. The van der Waals surface area contributed by atoms with Crippen molar-refractivity contribution < 1.29 is 27.6 Å². The highest BCUT2D eigenvalue weighted by Gasteiger charge is 2.43. The lowest BCUT2D eigenvalue weighted by atomic mass is 9.96. The Morgan fingerprint density at radius 1 is 1.24 bits per heavy atom. The van der Waals surface area contributed by atoms with E-state index in [1.165, 1.54) is 12.3 Å². The van der Waals surface area contributed by atoms with Gasteiger partial charge in [0.25, 0.3) is 5.91 Å². The van der Waals surface area contributed by atoms with Crippen LogP contribution in [0.15, 0.2) is 42.9 Å². The molecule has 1 aliphatic rings. The average Bonchev–Trinajstić information content (AvgIpc) is 3.17. The van der Waals surface area contributed by atoms with Crippen LogP contribution in [0.4, 0.5) is 13.2 Å². The number of pyridine rings is 2. The number of halogens is 3. The minimum atomic E-state index is -5.20. The molecule has 172 valence electrons. The van der Waals surface area contributed by atoms with Gasteiger partial charge in [-0.1, -0.05) is 0 Å². The van der Waals surface area contributed by atoms with Crippen LogP contribution in [-0.4, -0.2) is 45.8 Å². The Hall–Kier alpha value is -3.73. The monoisotopic (exact) mass is 459 g/mol. The van der Waals surface area contributed by atoms with Gasteiger partial charge in [-0.25, -0.2) is 4.79 Å². The van der Waals surface area contributed by atoms with Crippen LogP contribution in [0.1, 0.15) is 28.0 Å². The Balaban J connectivity index is 1.93. The molecule has 0 atom stereocenters. The molecule has 0 saturated carbocycles. The largest absolute Gasteiger partial charge is 0.493 e. The van der Waals surface area contributed by atoms with Crippen molar-refractivity contribution in [1.82, 2.24) is 20.0 Å². The zero-order valence-corrected chi connectivity index (χ0v) is 17.4. The summed E-state index contributed by atoms with van der Waals surface area (Å²) in [5, 5.41) is 2.65. The molecule has 0 bridgehead atoms. The molecule has 4 rings (SSSR count). The molecular weight excluding hydrogens is 439 g/mol. The van der Waals surface area contributed by atoms with E-state index in [2.05, 4.69) is 15.3 Å². The number of rotatable bonds is 6. The highest BCUT2D eigenvalue weighted by atomic mass is 19.4. The van der Waals surface area contributed by atoms with Gasteiger partial charge in [-0.05, 0) is 49.2 Å². The van der Waals surface area contributed by atoms with E-state index in [9.17, 15) is 22.8 Å². The fraction of sp³-hybridized carbons (Fsp3) is 0.273. The third-order valence-electron chi connectivity index (χ3n) is 5.25. The lowest BCUT2D eigenvalue weighted by molar-refractivity contribution is -0.199.